The average molecular weight is 248 g/mol. The summed E-state index contributed by atoms with van der Waals surface area (Å²) in [6.45, 7) is 2.23. The lowest BCUT2D eigenvalue weighted by atomic mass is 9.85. The topological polar surface area (TPSA) is 54.6 Å². The Morgan fingerprint density at radius 1 is 1.50 bits per heavy atom. The van der Waals surface area contributed by atoms with Gasteiger partial charge in [0.15, 0.2) is 5.76 Å². The van der Waals surface area contributed by atoms with E-state index in [0.717, 1.165) is 24.5 Å². The van der Waals surface area contributed by atoms with Crippen molar-refractivity contribution in [2.24, 2.45) is 11.0 Å². The fourth-order valence-corrected chi connectivity index (χ4v) is 2.41. The molecule has 0 unspecified atom stereocenters. The lowest BCUT2D eigenvalue weighted by molar-refractivity contribution is 0.0927. The number of furan rings is 1. The van der Waals surface area contributed by atoms with Crippen LogP contribution in [0.2, 0.25) is 0 Å². The second kappa shape index (κ2) is 6.38. The number of hydrogen-bond acceptors (Lipinski definition) is 3. The zero-order valence-electron chi connectivity index (χ0n) is 10.8. The van der Waals surface area contributed by atoms with Crippen LogP contribution in [0.15, 0.2) is 27.9 Å². The highest BCUT2D eigenvalue weighted by molar-refractivity contribution is 5.93. The molecule has 18 heavy (non-hydrogen) atoms. The van der Waals surface area contributed by atoms with Crippen LogP contribution in [0.1, 0.15) is 56.0 Å². The first kappa shape index (κ1) is 12.9. The zero-order chi connectivity index (χ0) is 12.8. The Hall–Kier alpha value is -1.58. The molecule has 1 saturated carbocycles. The van der Waals surface area contributed by atoms with Crippen molar-refractivity contribution in [3.05, 3.63) is 24.2 Å². The summed E-state index contributed by atoms with van der Waals surface area (Å²) in [6.07, 6.45) is 8.45. The minimum Gasteiger partial charge on any atom is -0.459 e. The number of carbonyl (C=O) groups excluding carboxylic acids is 1. The van der Waals surface area contributed by atoms with Gasteiger partial charge in [0.05, 0.1) is 6.26 Å². The van der Waals surface area contributed by atoms with Crippen molar-refractivity contribution < 1.29 is 9.21 Å². The highest BCUT2D eigenvalue weighted by Crippen LogP contribution is 2.25. The van der Waals surface area contributed by atoms with Crippen LogP contribution in [-0.4, -0.2) is 11.6 Å². The molecule has 4 heteroatoms. The molecule has 1 N–H and O–H groups in total. The fraction of sp³-hybridized carbons (Fsp3) is 0.571. The molecule has 1 amide bonds. The van der Waals surface area contributed by atoms with E-state index in [1.165, 1.54) is 31.9 Å². The summed E-state index contributed by atoms with van der Waals surface area (Å²) in [5.41, 5.74) is 3.66. The third-order valence-electron chi connectivity index (χ3n) is 3.44. The Labute approximate surface area is 107 Å². The third kappa shape index (κ3) is 3.45. The van der Waals surface area contributed by atoms with E-state index < -0.39 is 0 Å². The van der Waals surface area contributed by atoms with E-state index in [4.69, 9.17) is 4.42 Å². The van der Waals surface area contributed by atoms with E-state index in [9.17, 15) is 4.79 Å². The van der Waals surface area contributed by atoms with Crippen molar-refractivity contribution in [2.45, 2.75) is 45.4 Å². The number of nitrogens with zero attached hydrogens (tertiary/aromatic N) is 1. The smallest absolute Gasteiger partial charge is 0.307 e. The van der Waals surface area contributed by atoms with Crippen molar-refractivity contribution in [3.8, 4) is 0 Å². The Balaban J connectivity index is 1.79. The summed E-state index contributed by atoms with van der Waals surface area (Å²) < 4.78 is 5.00. The number of amides is 1. The predicted octanol–water partition coefficient (Wildman–Crippen LogP) is 3.36. The van der Waals surface area contributed by atoms with Crippen LogP contribution >= 0.6 is 0 Å². The fourth-order valence-electron chi connectivity index (χ4n) is 2.41. The van der Waals surface area contributed by atoms with Gasteiger partial charge in [-0.15, -0.1) is 0 Å². The van der Waals surface area contributed by atoms with Gasteiger partial charge in [0, 0.05) is 5.71 Å². The first-order chi connectivity index (χ1) is 8.79. The maximum absolute atomic E-state index is 11.6. The number of hydrazone groups is 1. The van der Waals surface area contributed by atoms with E-state index in [-0.39, 0.29) is 5.91 Å². The molecule has 1 aliphatic carbocycles. The van der Waals surface area contributed by atoms with Crippen LogP contribution in [0, 0.1) is 5.92 Å². The highest BCUT2D eigenvalue weighted by atomic mass is 16.3. The molecule has 4 nitrogen and oxygen atoms in total. The van der Waals surface area contributed by atoms with Gasteiger partial charge in [-0.3, -0.25) is 4.79 Å². The Kier molecular flexibility index (Phi) is 4.56. The molecule has 0 spiro atoms. The molecule has 2 rings (SSSR count). The van der Waals surface area contributed by atoms with Crippen LogP contribution in [0.25, 0.3) is 0 Å². The molecule has 0 aliphatic heterocycles. The summed E-state index contributed by atoms with van der Waals surface area (Å²) in [5, 5.41) is 4.19. The predicted molar refractivity (Wildman–Crippen MR) is 70.5 cm³/mol. The first-order valence-corrected chi connectivity index (χ1v) is 6.69. The van der Waals surface area contributed by atoms with E-state index >= 15 is 0 Å². The molecule has 1 aromatic rings. The maximum atomic E-state index is 11.6. The standard InChI is InChI=1S/C14H20N2O2/c1-2-4-11-6-8-12(9-7-11)15-16-14(17)13-5-3-10-18-13/h3,5,10-11H,2,4,6-9H2,1H3,(H,16,17). The second-order valence-corrected chi connectivity index (χ2v) is 4.83. The summed E-state index contributed by atoms with van der Waals surface area (Å²) >= 11 is 0. The second-order valence-electron chi connectivity index (χ2n) is 4.83. The molecule has 98 valence electrons. The van der Waals surface area contributed by atoms with Gasteiger partial charge in [0.1, 0.15) is 0 Å². The summed E-state index contributed by atoms with van der Waals surface area (Å²) in [7, 11) is 0. The average Bonchev–Trinajstić information content (AvgIpc) is 2.92. The number of hydrogen-bond donors (Lipinski definition) is 1. The van der Waals surface area contributed by atoms with E-state index in [1.807, 2.05) is 0 Å². The van der Waals surface area contributed by atoms with E-state index in [0.29, 0.717) is 5.76 Å². The summed E-state index contributed by atoms with van der Waals surface area (Å²) in [6, 6.07) is 3.33. The molecule has 0 saturated heterocycles. The van der Waals surface area contributed by atoms with Gasteiger partial charge >= 0.3 is 5.91 Å². The van der Waals surface area contributed by atoms with Gasteiger partial charge < -0.3 is 4.42 Å². The number of carbonyl (C=O) groups is 1. The Morgan fingerprint density at radius 3 is 2.89 bits per heavy atom. The lowest BCUT2D eigenvalue weighted by Crippen LogP contribution is -2.21. The molecular formula is C14H20N2O2. The van der Waals surface area contributed by atoms with Gasteiger partial charge in [0.2, 0.25) is 0 Å². The van der Waals surface area contributed by atoms with Crippen LogP contribution in [0.3, 0.4) is 0 Å². The summed E-state index contributed by atoms with van der Waals surface area (Å²) in [5.74, 6) is 0.872. The highest BCUT2D eigenvalue weighted by Gasteiger charge is 2.17. The zero-order valence-corrected chi connectivity index (χ0v) is 10.8. The normalized spacial score (nSPS) is 19.6. The number of nitrogens with one attached hydrogen (secondary N) is 1. The molecule has 1 heterocycles. The summed E-state index contributed by atoms with van der Waals surface area (Å²) in [4.78, 5) is 11.6. The van der Waals surface area contributed by atoms with Crippen molar-refractivity contribution in [2.75, 3.05) is 0 Å². The van der Waals surface area contributed by atoms with Crippen molar-refractivity contribution in [3.63, 3.8) is 0 Å². The molecule has 0 atom stereocenters. The van der Waals surface area contributed by atoms with Crippen LogP contribution in [0.4, 0.5) is 0 Å². The van der Waals surface area contributed by atoms with Gasteiger partial charge in [-0.2, -0.15) is 5.10 Å². The Morgan fingerprint density at radius 2 is 2.28 bits per heavy atom. The van der Waals surface area contributed by atoms with Crippen molar-refractivity contribution >= 4 is 11.6 Å². The lowest BCUT2D eigenvalue weighted by Gasteiger charge is -2.22. The molecule has 0 radical (unpaired) electrons. The molecule has 1 aromatic heterocycles. The molecular weight excluding hydrogens is 228 g/mol. The monoisotopic (exact) mass is 248 g/mol. The van der Waals surface area contributed by atoms with Crippen LogP contribution in [0.5, 0.6) is 0 Å². The minimum absolute atomic E-state index is 0.275. The van der Waals surface area contributed by atoms with E-state index in [1.54, 1.807) is 12.1 Å². The molecule has 1 aliphatic rings. The quantitative estimate of drug-likeness (QED) is 0.831. The Bertz CT molecular complexity index is 399. The first-order valence-electron chi connectivity index (χ1n) is 6.69. The van der Waals surface area contributed by atoms with Crippen LogP contribution < -0.4 is 5.43 Å². The largest absolute Gasteiger partial charge is 0.459 e. The maximum Gasteiger partial charge on any atom is 0.307 e. The van der Waals surface area contributed by atoms with Gasteiger partial charge in [-0.25, -0.2) is 5.43 Å². The minimum atomic E-state index is -0.275. The van der Waals surface area contributed by atoms with Crippen LogP contribution in [-0.2, 0) is 0 Å². The number of rotatable bonds is 4. The molecule has 1 fully saturated rings. The SMILES string of the molecule is CCCC1CCC(=NNC(=O)c2ccco2)CC1. The van der Waals surface area contributed by atoms with Gasteiger partial charge in [-0.05, 0) is 43.7 Å². The van der Waals surface area contributed by atoms with E-state index in [2.05, 4.69) is 17.5 Å². The van der Waals surface area contributed by atoms with Crippen molar-refractivity contribution in [1.82, 2.24) is 5.43 Å². The van der Waals surface area contributed by atoms with Gasteiger partial charge in [0.25, 0.3) is 0 Å². The van der Waals surface area contributed by atoms with Crippen molar-refractivity contribution in [1.29, 1.82) is 0 Å². The molecule has 0 aromatic carbocycles. The molecule has 0 bridgehead atoms. The van der Waals surface area contributed by atoms with Gasteiger partial charge in [-0.1, -0.05) is 19.8 Å². The third-order valence-corrected chi connectivity index (χ3v) is 3.44.